The summed E-state index contributed by atoms with van der Waals surface area (Å²) in [6.07, 6.45) is 8.29. The highest BCUT2D eigenvalue weighted by Crippen LogP contribution is 2.25. The molecule has 1 amide bonds. The van der Waals surface area contributed by atoms with E-state index in [-0.39, 0.29) is 11.9 Å². The third-order valence-corrected chi connectivity index (χ3v) is 4.86. The predicted octanol–water partition coefficient (Wildman–Crippen LogP) is 1.76. The molecule has 0 saturated carbocycles. The molecule has 148 valence electrons. The van der Waals surface area contributed by atoms with Crippen LogP contribution in [-0.4, -0.2) is 60.6 Å². The Morgan fingerprint density at radius 3 is 2.90 bits per heavy atom. The fraction of sp³-hybridized carbons (Fsp3) is 0.263. The standard InChI is InChI=1S/C19H19ClN8O/c1-26-24-19(23-25-26)16-13-27(17-12-21-7-8-22-17)9-10-28(16)18(29)6-5-14-3-2-4-15(20)11-14/h2-8,11-12,16H,9-10,13H2,1H3. The van der Waals surface area contributed by atoms with Crippen molar-refractivity contribution in [2.45, 2.75) is 6.04 Å². The van der Waals surface area contributed by atoms with E-state index in [1.165, 1.54) is 4.80 Å². The van der Waals surface area contributed by atoms with Crippen LogP contribution in [0.1, 0.15) is 17.4 Å². The van der Waals surface area contributed by atoms with E-state index >= 15 is 0 Å². The van der Waals surface area contributed by atoms with Crippen LogP contribution in [0, 0.1) is 0 Å². The molecule has 1 aliphatic heterocycles. The molecule has 9 nitrogen and oxygen atoms in total. The van der Waals surface area contributed by atoms with Gasteiger partial charge in [0.2, 0.25) is 5.91 Å². The summed E-state index contributed by atoms with van der Waals surface area (Å²) in [6.45, 7) is 1.63. The van der Waals surface area contributed by atoms with Gasteiger partial charge in [0.05, 0.1) is 13.2 Å². The van der Waals surface area contributed by atoms with Crippen LogP contribution in [0.4, 0.5) is 5.82 Å². The average Bonchev–Trinajstić information content (AvgIpc) is 3.18. The van der Waals surface area contributed by atoms with E-state index in [0.717, 1.165) is 11.4 Å². The van der Waals surface area contributed by atoms with E-state index < -0.39 is 0 Å². The van der Waals surface area contributed by atoms with Gasteiger partial charge in [0.25, 0.3) is 0 Å². The topological polar surface area (TPSA) is 92.9 Å². The maximum Gasteiger partial charge on any atom is 0.247 e. The van der Waals surface area contributed by atoms with Crippen molar-refractivity contribution in [2.24, 2.45) is 7.05 Å². The van der Waals surface area contributed by atoms with Gasteiger partial charge in [-0.1, -0.05) is 23.7 Å². The summed E-state index contributed by atoms with van der Waals surface area (Å²) in [7, 11) is 1.70. The number of tetrazole rings is 1. The zero-order valence-electron chi connectivity index (χ0n) is 15.8. The Balaban J connectivity index is 1.57. The number of amides is 1. The molecule has 10 heteroatoms. The molecule has 1 atom stereocenters. The number of hydrogen-bond donors (Lipinski definition) is 0. The van der Waals surface area contributed by atoms with Crippen molar-refractivity contribution in [2.75, 3.05) is 24.5 Å². The first-order valence-corrected chi connectivity index (χ1v) is 9.47. The summed E-state index contributed by atoms with van der Waals surface area (Å²) in [6, 6.07) is 6.99. The van der Waals surface area contributed by atoms with Crippen LogP contribution in [-0.2, 0) is 11.8 Å². The number of hydrogen-bond acceptors (Lipinski definition) is 7. The van der Waals surface area contributed by atoms with Gasteiger partial charge in [-0.3, -0.25) is 9.78 Å². The van der Waals surface area contributed by atoms with Gasteiger partial charge in [-0.15, -0.1) is 10.2 Å². The zero-order chi connectivity index (χ0) is 20.2. The molecule has 29 heavy (non-hydrogen) atoms. The molecule has 4 rings (SSSR count). The minimum atomic E-state index is -0.351. The number of benzene rings is 1. The fourth-order valence-corrected chi connectivity index (χ4v) is 3.43. The van der Waals surface area contributed by atoms with Gasteiger partial charge in [0, 0.05) is 43.1 Å². The summed E-state index contributed by atoms with van der Waals surface area (Å²) >= 11 is 6.02. The van der Waals surface area contributed by atoms with Gasteiger partial charge in [-0.05, 0) is 29.0 Å². The smallest absolute Gasteiger partial charge is 0.247 e. The van der Waals surface area contributed by atoms with Crippen molar-refractivity contribution >= 4 is 29.4 Å². The minimum absolute atomic E-state index is 0.124. The summed E-state index contributed by atoms with van der Waals surface area (Å²) < 4.78 is 0. The summed E-state index contributed by atoms with van der Waals surface area (Å²) in [5, 5.41) is 13.0. The van der Waals surface area contributed by atoms with E-state index in [1.807, 2.05) is 12.1 Å². The third kappa shape index (κ3) is 4.40. The molecule has 0 spiro atoms. The lowest BCUT2D eigenvalue weighted by atomic mass is 10.1. The second-order valence-electron chi connectivity index (χ2n) is 6.58. The first-order valence-electron chi connectivity index (χ1n) is 9.09. The Labute approximate surface area is 172 Å². The third-order valence-electron chi connectivity index (χ3n) is 4.63. The van der Waals surface area contributed by atoms with Gasteiger partial charge in [0.15, 0.2) is 5.82 Å². The molecule has 3 heterocycles. The molecule has 1 aliphatic rings. The van der Waals surface area contributed by atoms with Crippen LogP contribution in [0.25, 0.3) is 6.08 Å². The molecule has 2 aromatic heterocycles. The second kappa shape index (κ2) is 8.36. The Morgan fingerprint density at radius 1 is 1.28 bits per heavy atom. The van der Waals surface area contributed by atoms with Crippen LogP contribution in [0.5, 0.6) is 0 Å². The van der Waals surface area contributed by atoms with E-state index in [0.29, 0.717) is 30.5 Å². The Bertz CT molecular complexity index is 1020. The highest BCUT2D eigenvalue weighted by Gasteiger charge is 2.34. The largest absolute Gasteiger partial charge is 0.351 e. The first kappa shape index (κ1) is 19.0. The Morgan fingerprint density at radius 2 is 2.17 bits per heavy atom. The molecular formula is C19H19ClN8O. The van der Waals surface area contributed by atoms with Crippen LogP contribution in [0.15, 0.2) is 48.9 Å². The van der Waals surface area contributed by atoms with Crippen LogP contribution >= 0.6 is 11.6 Å². The van der Waals surface area contributed by atoms with Gasteiger partial charge >= 0.3 is 0 Å². The van der Waals surface area contributed by atoms with Crippen molar-refractivity contribution < 1.29 is 4.79 Å². The Kier molecular flexibility index (Phi) is 5.48. The summed E-state index contributed by atoms with van der Waals surface area (Å²) in [5.74, 6) is 1.12. The molecule has 0 aliphatic carbocycles. The van der Waals surface area contributed by atoms with E-state index in [2.05, 4.69) is 30.3 Å². The number of nitrogens with zero attached hydrogens (tertiary/aromatic N) is 8. The molecular weight excluding hydrogens is 392 g/mol. The van der Waals surface area contributed by atoms with E-state index in [1.54, 1.807) is 54.8 Å². The lowest BCUT2D eigenvalue weighted by molar-refractivity contribution is -0.129. The molecule has 1 aromatic carbocycles. The summed E-state index contributed by atoms with van der Waals surface area (Å²) in [5.41, 5.74) is 0.859. The zero-order valence-corrected chi connectivity index (χ0v) is 16.5. The number of piperazine rings is 1. The molecule has 3 aromatic rings. The quantitative estimate of drug-likeness (QED) is 0.605. The van der Waals surface area contributed by atoms with Crippen molar-refractivity contribution in [3.8, 4) is 0 Å². The number of halogens is 1. The SMILES string of the molecule is Cn1nnc(C2CN(c3cnccn3)CCN2C(=O)C=Cc2cccc(Cl)c2)n1. The number of aromatic nitrogens is 6. The van der Waals surface area contributed by atoms with Crippen molar-refractivity contribution in [3.05, 3.63) is 65.3 Å². The fourth-order valence-electron chi connectivity index (χ4n) is 3.24. The Hall–Kier alpha value is -3.33. The molecule has 1 saturated heterocycles. The highest BCUT2D eigenvalue weighted by atomic mass is 35.5. The van der Waals surface area contributed by atoms with Crippen molar-refractivity contribution in [1.82, 2.24) is 35.1 Å². The number of carbonyl (C=O) groups is 1. The number of rotatable bonds is 4. The van der Waals surface area contributed by atoms with Gasteiger partial charge < -0.3 is 9.80 Å². The van der Waals surface area contributed by atoms with Crippen LogP contribution in [0.2, 0.25) is 5.02 Å². The minimum Gasteiger partial charge on any atom is -0.351 e. The number of aryl methyl sites for hydroxylation is 1. The first-order chi connectivity index (χ1) is 14.1. The predicted molar refractivity (Wildman–Crippen MR) is 108 cm³/mol. The maximum atomic E-state index is 13.0. The van der Waals surface area contributed by atoms with Gasteiger partial charge in [-0.25, -0.2) is 4.98 Å². The lowest BCUT2D eigenvalue weighted by Crippen LogP contribution is -2.51. The van der Waals surface area contributed by atoms with Crippen LogP contribution < -0.4 is 4.90 Å². The molecule has 0 bridgehead atoms. The van der Waals surface area contributed by atoms with Crippen molar-refractivity contribution in [1.29, 1.82) is 0 Å². The average molecular weight is 411 g/mol. The van der Waals surface area contributed by atoms with E-state index in [4.69, 9.17) is 11.6 Å². The number of anilines is 1. The summed E-state index contributed by atoms with van der Waals surface area (Å²) in [4.78, 5) is 26.7. The second-order valence-corrected chi connectivity index (χ2v) is 7.02. The van der Waals surface area contributed by atoms with Crippen molar-refractivity contribution in [3.63, 3.8) is 0 Å². The normalized spacial score (nSPS) is 17.1. The number of carbonyl (C=O) groups excluding carboxylic acids is 1. The monoisotopic (exact) mass is 410 g/mol. The van der Waals surface area contributed by atoms with Gasteiger partial charge in [-0.2, -0.15) is 4.80 Å². The van der Waals surface area contributed by atoms with Gasteiger partial charge in [0.1, 0.15) is 11.9 Å². The molecule has 0 radical (unpaired) electrons. The molecule has 0 N–H and O–H groups in total. The van der Waals surface area contributed by atoms with E-state index in [9.17, 15) is 4.79 Å². The molecule has 1 unspecified atom stereocenters. The highest BCUT2D eigenvalue weighted by molar-refractivity contribution is 6.30. The maximum absolute atomic E-state index is 13.0. The molecule has 1 fully saturated rings. The lowest BCUT2D eigenvalue weighted by Gasteiger charge is -2.39. The van der Waals surface area contributed by atoms with Crippen LogP contribution in [0.3, 0.4) is 0 Å².